The minimum absolute atomic E-state index is 0.0498. The number of Topliss-reactive ketones (excluding diaryl/α,β-unsaturated/α-hetero) is 1. The smallest absolute Gasteiger partial charge is 0.182 e. The minimum Gasteiger partial charge on any atom is -0.378 e. The van der Waals surface area contributed by atoms with Crippen molar-refractivity contribution in [3.63, 3.8) is 0 Å². The zero-order valence-electron chi connectivity index (χ0n) is 10.7. The Morgan fingerprint density at radius 1 is 1.32 bits per heavy atom. The van der Waals surface area contributed by atoms with Gasteiger partial charge in [-0.05, 0) is 31.4 Å². The monoisotopic (exact) mass is 256 g/mol. The number of carbonyl (C=O) groups is 1. The van der Waals surface area contributed by atoms with Crippen LogP contribution in [-0.4, -0.2) is 28.5 Å². The first-order valence-electron chi connectivity index (χ1n) is 6.69. The van der Waals surface area contributed by atoms with Gasteiger partial charge in [0.2, 0.25) is 0 Å². The lowest BCUT2D eigenvalue weighted by Crippen LogP contribution is -2.10. The molecular formula is C15H16N2O2. The highest BCUT2D eigenvalue weighted by Crippen LogP contribution is 2.18. The van der Waals surface area contributed by atoms with Gasteiger partial charge in [-0.2, -0.15) is 0 Å². The van der Waals surface area contributed by atoms with E-state index in [1.165, 1.54) is 0 Å². The highest BCUT2D eigenvalue weighted by atomic mass is 16.5. The third kappa shape index (κ3) is 2.79. The van der Waals surface area contributed by atoms with Crippen molar-refractivity contribution in [2.75, 3.05) is 6.61 Å². The Morgan fingerprint density at radius 2 is 2.16 bits per heavy atom. The number of benzene rings is 1. The van der Waals surface area contributed by atoms with Crippen LogP contribution in [0.15, 0.2) is 30.5 Å². The van der Waals surface area contributed by atoms with Crippen LogP contribution in [0.4, 0.5) is 0 Å². The van der Waals surface area contributed by atoms with Gasteiger partial charge < -0.3 is 4.74 Å². The van der Waals surface area contributed by atoms with Crippen LogP contribution in [0.25, 0.3) is 11.0 Å². The van der Waals surface area contributed by atoms with E-state index in [1.54, 1.807) is 6.20 Å². The predicted octanol–water partition coefficient (Wildman–Crippen LogP) is 2.77. The second kappa shape index (κ2) is 5.45. The SMILES string of the molecule is O=C(CCC1CCCO1)c1cnc2ccccc2n1. The van der Waals surface area contributed by atoms with Crippen LogP contribution in [0.5, 0.6) is 0 Å². The molecule has 1 fully saturated rings. The summed E-state index contributed by atoms with van der Waals surface area (Å²) in [6.07, 6.45) is 5.26. The maximum absolute atomic E-state index is 12.1. The van der Waals surface area contributed by atoms with E-state index in [4.69, 9.17) is 4.74 Å². The Balaban J connectivity index is 1.70. The van der Waals surface area contributed by atoms with Gasteiger partial charge in [-0.25, -0.2) is 4.98 Å². The minimum atomic E-state index is 0.0498. The summed E-state index contributed by atoms with van der Waals surface area (Å²) in [5, 5.41) is 0. The third-order valence-electron chi connectivity index (χ3n) is 3.45. The van der Waals surface area contributed by atoms with Crippen molar-refractivity contribution in [1.29, 1.82) is 0 Å². The number of para-hydroxylation sites is 2. The normalized spacial score (nSPS) is 18.8. The number of hydrogen-bond donors (Lipinski definition) is 0. The van der Waals surface area contributed by atoms with Crippen molar-refractivity contribution in [2.45, 2.75) is 31.8 Å². The molecule has 1 saturated heterocycles. The Bertz CT molecular complexity index is 591. The summed E-state index contributed by atoms with van der Waals surface area (Å²) in [6, 6.07) is 7.58. The summed E-state index contributed by atoms with van der Waals surface area (Å²) < 4.78 is 5.52. The molecule has 2 heterocycles. The lowest BCUT2D eigenvalue weighted by molar-refractivity contribution is 0.0856. The second-order valence-corrected chi connectivity index (χ2v) is 4.84. The van der Waals surface area contributed by atoms with Crippen molar-refractivity contribution < 1.29 is 9.53 Å². The number of rotatable bonds is 4. The number of nitrogens with zero attached hydrogens (tertiary/aromatic N) is 2. The number of hydrogen-bond acceptors (Lipinski definition) is 4. The standard InChI is InChI=1S/C15H16N2O2/c18-15(8-7-11-4-3-9-19-11)14-10-16-12-5-1-2-6-13(12)17-14/h1-2,5-6,10-11H,3-4,7-9H2. The van der Waals surface area contributed by atoms with Crippen LogP contribution in [0.1, 0.15) is 36.2 Å². The average Bonchev–Trinajstić information content (AvgIpc) is 2.97. The second-order valence-electron chi connectivity index (χ2n) is 4.84. The fourth-order valence-electron chi connectivity index (χ4n) is 2.38. The maximum atomic E-state index is 12.1. The number of aromatic nitrogens is 2. The van der Waals surface area contributed by atoms with Crippen LogP contribution < -0.4 is 0 Å². The highest BCUT2D eigenvalue weighted by Gasteiger charge is 2.18. The molecule has 0 spiro atoms. The van der Waals surface area contributed by atoms with E-state index in [2.05, 4.69) is 9.97 Å². The van der Waals surface area contributed by atoms with Crippen molar-refractivity contribution >= 4 is 16.8 Å². The summed E-state index contributed by atoms with van der Waals surface area (Å²) in [7, 11) is 0. The molecule has 98 valence electrons. The predicted molar refractivity (Wildman–Crippen MR) is 72.1 cm³/mol. The molecule has 2 aromatic rings. The molecule has 1 unspecified atom stereocenters. The molecule has 1 aliphatic heterocycles. The summed E-state index contributed by atoms with van der Waals surface area (Å²) >= 11 is 0. The lowest BCUT2D eigenvalue weighted by Gasteiger charge is -2.07. The Kier molecular flexibility index (Phi) is 3.51. The molecule has 0 aliphatic carbocycles. The molecule has 0 radical (unpaired) electrons. The fourth-order valence-corrected chi connectivity index (χ4v) is 2.38. The number of fused-ring (bicyclic) bond motifs is 1. The van der Waals surface area contributed by atoms with Crippen LogP contribution in [-0.2, 0) is 4.74 Å². The molecule has 0 bridgehead atoms. The number of carbonyl (C=O) groups excluding carboxylic acids is 1. The van der Waals surface area contributed by atoms with E-state index >= 15 is 0 Å². The van der Waals surface area contributed by atoms with E-state index in [0.29, 0.717) is 12.1 Å². The zero-order chi connectivity index (χ0) is 13.1. The van der Waals surface area contributed by atoms with Gasteiger partial charge in [-0.3, -0.25) is 9.78 Å². The van der Waals surface area contributed by atoms with Gasteiger partial charge in [0.05, 0.1) is 23.3 Å². The Morgan fingerprint density at radius 3 is 2.95 bits per heavy atom. The molecule has 19 heavy (non-hydrogen) atoms. The Labute approximate surface area is 111 Å². The molecular weight excluding hydrogens is 240 g/mol. The Hall–Kier alpha value is -1.81. The summed E-state index contributed by atoms with van der Waals surface area (Å²) in [5.74, 6) is 0.0498. The van der Waals surface area contributed by atoms with Crippen molar-refractivity contribution in [3.8, 4) is 0 Å². The molecule has 3 rings (SSSR count). The topological polar surface area (TPSA) is 52.1 Å². The van der Waals surface area contributed by atoms with Gasteiger partial charge in [0.15, 0.2) is 5.78 Å². The van der Waals surface area contributed by atoms with E-state index in [0.717, 1.165) is 36.9 Å². The zero-order valence-corrected chi connectivity index (χ0v) is 10.7. The quantitative estimate of drug-likeness (QED) is 0.789. The summed E-state index contributed by atoms with van der Waals surface area (Å²) in [5.41, 5.74) is 2.04. The molecule has 1 atom stereocenters. The molecule has 1 aliphatic rings. The van der Waals surface area contributed by atoms with Crippen LogP contribution in [0, 0.1) is 0 Å². The molecule has 0 amide bonds. The number of ketones is 1. The lowest BCUT2D eigenvalue weighted by atomic mass is 10.1. The highest BCUT2D eigenvalue weighted by molar-refractivity contribution is 5.95. The van der Waals surface area contributed by atoms with Gasteiger partial charge in [-0.1, -0.05) is 12.1 Å². The van der Waals surface area contributed by atoms with E-state index < -0.39 is 0 Å². The average molecular weight is 256 g/mol. The van der Waals surface area contributed by atoms with Crippen LogP contribution in [0.3, 0.4) is 0 Å². The van der Waals surface area contributed by atoms with E-state index in [1.807, 2.05) is 24.3 Å². The van der Waals surface area contributed by atoms with Crippen molar-refractivity contribution in [1.82, 2.24) is 9.97 Å². The first kappa shape index (κ1) is 12.2. The van der Waals surface area contributed by atoms with E-state index in [-0.39, 0.29) is 11.9 Å². The van der Waals surface area contributed by atoms with Crippen LogP contribution >= 0.6 is 0 Å². The number of ether oxygens (including phenoxy) is 1. The van der Waals surface area contributed by atoms with E-state index in [9.17, 15) is 4.79 Å². The van der Waals surface area contributed by atoms with Gasteiger partial charge in [0.1, 0.15) is 5.69 Å². The van der Waals surface area contributed by atoms with Gasteiger partial charge in [-0.15, -0.1) is 0 Å². The molecule has 4 heteroatoms. The third-order valence-corrected chi connectivity index (χ3v) is 3.45. The molecule has 1 aromatic heterocycles. The molecule has 0 saturated carbocycles. The van der Waals surface area contributed by atoms with Gasteiger partial charge in [0.25, 0.3) is 0 Å². The van der Waals surface area contributed by atoms with Crippen molar-refractivity contribution in [2.24, 2.45) is 0 Å². The maximum Gasteiger partial charge on any atom is 0.182 e. The fraction of sp³-hybridized carbons (Fsp3) is 0.400. The first-order chi connectivity index (χ1) is 9.33. The van der Waals surface area contributed by atoms with Crippen molar-refractivity contribution in [3.05, 3.63) is 36.2 Å². The first-order valence-corrected chi connectivity index (χ1v) is 6.69. The van der Waals surface area contributed by atoms with Gasteiger partial charge >= 0.3 is 0 Å². The largest absolute Gasteiger partial charge is 0.378 e. The van der Waals surface area contributed by atoms with Gasteiger partial charge in [0, 0.05) is 13.0 Å². The summed E-state index contributed by atoms with van der Waals surface area (Å²) in [4.78, 5) is 20.7. The molecule has 1 aromatic carbocycles. The molecule has 4 nitrogen and oxygen atoms in total. The van der Waals surface area contributed by atoms with Crippen LogP contribution in [0.2, 0.25) is 0 Å². The summed E-state index contributed by atoms with van der Waals surface area (Å²) in [6.45, 7) is 0.828. The molecule has 0 N–H and O–H groups in total.